The summed E-state index contributed by atoms with van der Waals surface area (Å²) in [6.07, 6.45) is 1.49. The molecule has 0 atom stereocenters. The third kappa shape index (κ3) is 1.83. The molecule has 3 heteroatoms. The van der Waals surface area contributed by atoms with Crippen LogP contribution in [0.15, 0.2) is 54.7 Å². The average Bonchev–Trinajstić information content (AvgIpc) is 2.38. The summed E-state index contributed by atoms with van der Waals surface area (Å²) in [6.45, 7) is 0. The molecule has 3 rings (SSSR count). The van der Waals surface area contributed by atoms with Gasteiger partial charge in [0.1, 0.15) is 0 Å². The Morgan fingerprint density at radius 3 is 2.53 bits per heavy atom. The lowest BCUT2D eigenvalue weighted by Crippen LogP contribution is -1.97. The van der Waals surface area contributed by atoms with Gasteiger partial charge in [0.15, 0.2) is 0 Å². The molecule has 82 valence electrons. The van der Waals surface area contributed by atoms with Crippen LogP contribution in [0.3, 0.4) is 0 Å². The quantitative estimate of drug-likeness (QED) is 0.633. The van der Waals surface area contributed by atoms with Crippen molar-refractivity contribution in [3.63, 3.8) is 0 Å². The van der Waals surface area contributed by atoms with Gasteiger partial charge in [-0.1, -0.05) is 36.4 Å². The highest BCUT2D eigenvalue weighted by atomic mass is 16.3. The Labute approximate surface area is 98.4 Å². The second-order valence-electron chi connectivity index (χ2n) is 3.79. The molecular formula is C14H9N2O-. The van der Waals surface area contributed by atoms with Gasteiger partial charge in [-0.25, -0.2) is 4.98 Å². The van der Waals surface area contributed by atoms with Crippen LogP contribution in [0.1, 0.15) is 0 Å². The van der Waals surface area contributed by atoms with Gasteiger partial charge in [0.05, 0.1) is 11.7 Å². The fourth-order valence-corrected chi connectivity index (χ4v) is 1.85. The van der Waals surface area contributed by atoms with Crippen LogP contribution in [0.2, 0.25) is 0 Å². The van der Waals surface area contributed by atoms with Crippen molar-refractivity contribution in [3.05, 3.63) is 54.7 Å². The van der Waals surface area contributed by atoms with E-state index < -0.39 is 6.01 Å². The van der Waals surface area contributed by atoms with E-state index in [-0.39, 0.29) is 0 Å². The summed E-state index contributed by atoms with van der Waals surface area (Å²) in [5.74, 6) is 0. The number of rotatable bonds is 1. The monoisotopic (exact) mass is 221 g/mol. The lowest BCUT2D eigenvalue weighted by atomic mass is 10.1. The van der Waals surface area contributed by atoms with Gasteiger partial charge in [0.25, 0.3) is 0 Å². The van der Waals surface area contributed by atoms with Crippen LogP contribution < -0.4 is 5.11 Å². The maximum Gasteiger partial charge on any atom is 0.0828 e. The molecule has 0 N–H and O–H groups in total. The standard InChI is InChI=1S/C14H10N2O/c17-14-15-8-7-13(16-14)12-6-5-10-3-1-2-4-11(10)9-12/h1-9H,(H,15,16,17)/p-1. The molecule has 0 amide bonds. The maximum absolute atomic E-state index is 11.1. The van der Waals surface area contributed by atoms with E-state index in [2.05, 4.69) is 16.0 Å². The molecule has 0 spiro atoms. The zero-order valence-corrected chi connectivity index (χ0v) is 9.00. The molecule has 0 radical (unpaired) electrons. The van der Waals surface area contributed by atoms with Crippen molar-refractivity contribution < 1.29 is 5.11 Å². The Hall–Kier alpha value is -2.42. The van der Waals surface area contributed by atoms with Crippen molar-refractivity contribution in [2.24, 2.45) is 0 Å². The van der Waals surface area contributed by atoms with E-state index in [4.69, 9.17) is 0 Å². The Kier molecular flexibility index (Phi) is 2.22. The highest BCUT2D eigenvalue weighted by Gasteiger charge is 2.00. The first kappa shape index (κ1) is 9.78. The van der Waals surface area contributed by atoms with Crippen LogP contribution in [0.4, 0.5) is 0 Å². The van der Waals surface area contributed by atoms with E-state index in [0.29, 0.717) is 5.69 Å². The molecule has 0 saturated heterocycles. The first-order valence-electron chi connectivity index (χ1n) is 5.32. The first-order valence-corrected chi connectivity index (χ1v) is 5.32. The van der Waals surface area contributed by atoms with Crippen LogP contribution in [-0.4, -0.2) is 9.97 Å². The highest BCUT2D eigenvalue weighted by Crippen LogP contribution is 2.23. The molecule has 17 heavy (non-hydrogen) atoms. The van der Waals surface area contributed by atoms with E-state index in [0.717, 1.165) is 10.9 Å². The van der Waals surface area contributed by atoms with E-state index >= 15 is 0 Å². The fourth-order valence-electron chi connectivity index (χ4n) is 1.85. The molecule has 3 nitrogen and oxygen atoms in total. The van der Waals surface area contributed by atoms with Crippen molar-refractivity contribution >= 4 is 10.8 Å². The third-order valence-corrected chi connectivity index (χ3v) is 2.68. The fraction of sp³-hybridized carbons (Fsp3) is 0. The van der Waals surface area contributed by atoms with Crippen LogP contribution in [0, 0.1) is 0 Å². The van der Waals surface area contributed by atoms with Crippen molar-refractivity contribution in [2.45, 2.75) is 0 Å². The number of hydrogen-bond donors (Lipinski definition) is 0. The molecule has 0 aliphatic carbocycles. The van der Waals surface area contributed by atoms with E-state index in [1.807, 2.05) is 36.4 Å². The van der Waals surface area contributed by atoms with E-state index in [1.165, 1.54) is 11.6 Å². The zero-order valence-electron chi connectivity index (χ0n) is 9.00. The average molecular weight is 221 g/mol. The molecule has 0 saturated carbocycles. The minimum Gasteiger partial charge on any atom is -0.844 e. The minimum atomic E-state index is -0.448. The number of hydrogen-bond acceptors (Lipinski definition) is 3. The van der Waals surface area contributed by atoms with Gasteiger partial charge < -0.3 is 5.11 Å². The van der Waals surface area contributed by atoms with Crippen LogP contribution in [0.25, 0.3) is 22.0 Å². The molecule has 0 unspecified atom stereocenters. The Morgan fingerprint density at radius 2 is 1.71 bits per heavy atom. The van der Waals surface area contributed by atoms with Gasteiger partial charge >= 0.3 is 0 Å². The molecule has 0 aliphatic heterocycles. The second-order valence-corrected chi connectivity index (χ2v) is 3.79. The Balaban J connectivity index is 2.18. The number of nitrogens with zero attached hydrogens (tertiary/aromatic N) is 2. The van der Waals surface area contributed by atoms with Crippen molar-refractivity contribution in [1.29, 1.82) is 0 Å². The van der Waals surface area contributed by atoms with Crippen molar-refractivity contribution in [2.75, 3.05) is 0 Å². The lowest BCUT2D eigenvalue weighted by Gasteiger charge is -2.06. The second kappa shape index (κ2) is 3.87. The zero-order chi connectivity index (χ0) is 11.7. The van der Waals surface area contributed by atoms with Gasteiger partial charge in [-0.05, 0) is 22.9 Å². The largest absolute Gasteiger partial charge is 0.844 e. The predicted molar refractivity (Wildman–Crippen MR) is 64.4 cm³/mol. The number of aromatic nitrogens is 2. The molecule has 0 aliphatic rings. The normalized spacial score (nSPS) is 10.6. The summed E-state index contributed by atoms with van der Waals surface area (Å²) in [7, 11) is 0. The van der Waals surface area contributed by atoms with Gasteiger partial charge in [-0.2, -0.15) is 0 Å². The van der Waals surface area contributed by atoms with Crippen LogP contribution in [-0.2, 0) is 0 Å². The van der Waals surface area contributed by atoms with Gasteiger partial charge in [-0.3, -0.25) is 4.98 Å². The Bertz CT molecular complexity index is 680. The summed E-state index contributed by atoms with van der Waals surface area (Å²) in [4.78, 5) is 7.44. The number of benzene rings is 2. The molecule has 3 aromatic rings. The summed E-state index contributed by atoms with van der Waals surface area (Å²) in [6, 6.07) is 15.4. The summed E-state index contributed by atoms with van der Waals surface area (Å²) in [5.41, 5.74) is 1.60. The molecule has 0 bridgehead atoms. The smallest absolute Gasteiger partial charge is 0.0828 e. The predicted octanol–water partition coefficient (Wildman–Crippen LogP) is 2.37. The van der Waals surface area contributed by atoms with Crippen LogP contribution in [0.5, 0.6) is 6.01 Å². The third-order valence-electron chi connectivity index (χ3n) is 2.68. The molecule has 0 fully saturated rings. The SMILES string of the molecule is [O-]c1nccc(-c2ccc3ccccc3c2)n1. The summed E-state index contributed by atoms with van der Waals surface area (Å²) >= 11 is 0. The molecule has 1 heterocycles. The van der Waals surface area contributed by atoms with E-state index in [9.17, 15) is 5.11 Å². The maximum atomic E-state index is 11.1. The van der Waals surface area contributed by atoms with Crippen molar-refractivity contribution in [1.82, 2.24) is 9.97 Å². The van der Waals surface area contributed by atoms with Crippen molar-refractivity contribution in [3.8, 4) is 17.3 Å². The summed E-state index contributed by atoms with van der Waals surface area (Å²) < 4.78 is 0. The van der Waals surface area contributed by atoms with Gasteiger partial charge in [0, 0.05) is 11.8 Å². The highest BCUT2D eigenvalue weighted by molar-refractivity contribution is 5.86. The van der Waals surface area contributed by atoms with Crippen LogP contribution >= 0.6 is 0 Å². The Morgan fingerprint density at radius 1 is 0.882 bits per heavy atom. The molecular weight excluding hydrogens is 212 g/mol. The van der Waals surface area contributed by atoms with Gasteiger partial charge in [0.2, 0.25) is 0 Å². The summed E-state index contributed by atoms with van der Waals surface area (Å²) in [5, 5.41) is 13.4. The first-order chi connectivity index (χ1) is 8.33. The molecule has 2 aromatic carbocycles. The topological polar surface area (TPSA) is 48.8 Å². The molecule has 1 aromatic heterocycles. The lowest BCUT2D eigenvalue weighted by molar-refractivity contribution is -0.281. The van der Waals surface area contributed by atoms with Gasteiger partial charge in [-0.15, -0.1) is 0 Å². The van der Waals surface area contributed by atoms with E-state index in [1.54, 1.807) is 6.07 Å². The number of fused-ring (bicyclic) bond motifs is 1. The minimum absolute atomic E-state index is 0.448.